The molecule has 0 aromatic heterocycles. The van der Waals surface area contributed by atoms with Crippen LogP contribution in [-0.4, -0.2) is 58.1 Å². The lowest BCUT2D eigenvalue weighted by Crippen LogP contribution is -2.53. The number of hydrogen-bond acceptors (Lipinski definition) is 8. The van der Waals surface area contributed by atoms with Crippen molar-refractivity contribution < 1.29 is 33.9 Å². The van der Waals surface area contributed by atoms with Crippen LogP contribution in [0, 0.1) is 16.0 Å². The number of rotatable bonds is 15. The van der Waals surface area contributed by atoms with Crippen LogP contribution in [0.2, 0.25) is 0 Å². The first-order chi connectivity index (χ1) is 24.6. The Bertz CT molecular complexity index is 1710. The molecule has 270 valence electrons. The Morgan fingerprint density at radius 1 is 1.08 bits per heavy atom. The molecular weight excluding hydrogens is 718 g/mol. The van der Waals surface area contributed by atoms with Crippen molar-refractivity contribution in [3.05, 3.63) is 111 Å². The van der Waals surface area contributed by atoms with Crippen molar-refractivity contribution in [2.45, 2.75) is 83.0 Å². The van der Waals surface area contributed by atoms with Gasteiger partial charge in [-0.15, -0.1) is 6.58 Å². The number of fused-ring (bicyclic) bond motifs is 1. The summed E-state index contributed by atoms with van der Waals surface area (Å²) in [5, 5.41) is 20.8. The van der Waals surface area contributed by atoms with Crippen LogP contribution in [0.1, 0.15) is 85.8 Å². The lowest BCUT2D eigenvalue weighted by molar-refractivity contribution is -0.384. The van der Waals surface area contributed by atoms with Gasteiger partial charge in [0.25, 0.3) is 11.6 Å². The van der Waals surface area contributed by atoms with Gasteiger partial charge in [0.1, 0.15) is 11.9 Å². The molecular formula is C39H44BrN3O8. The van der Waals surface area contributed by atoms with Crippen LogP contribution in [0.25, 0.3) is 0 Å². The summed E-state index contributed by atoms with van der Waals surface area (Å²) in [5.74, 6) is -0.390. The largest absolute Gasteiger partial charge is 0.493 e. The van der Waals surface area contributed by atoms with Gasteiger partial charge in [-0.1, -0.05) is 53.4 Å². The van der Waals surface area contributed by atoms with Crippen molar-refractivity contribution in [1.29, 1.82) is 0 Å². The van der Waals surface area contributed by atoms with Gasteiger partial charge in [-0.05, 0) is 66.8 Å². The van der Waals surface area contributed by atoms with Crippen molar-refractivity contribution in [2.75, 3.05) is 18.1 Å². The summed E-state index contributed by atoms with van der Waals surface area (Å²) in [7, 11) is 0. The second-order valence-electron chi connectivity index (χ2n) is 13.1. The lowest BCUT2D eigenvalue weighted by Gasteiger charge is -2.40. The summed E-state index contributed by atoms with van der Waals surface area (Å²) in [6, 6.07) is 16.6. The zero-order chi connectivity index (χ0) is 36.5. The first-order valence-corrected chi connectivity index (χ1v) is 18.2. The topological polar surface area (TPSA) is 140 Å². The van der Waals surface area contributed by atoms with E-state index in [-0.39, 0.29) is 49.3 Å². The molecule has 51 heavy (non-hydrogen) atoms. The second kappa shape index (κ2) is 17.6. The molecule has 3 aromatic rings. The number of nitro groups is 1. The molecule has 3 aromatic carbocycles. The van der Waals surface area contributed by atoms with Crippen molar-refractivity contribution in [1.82, 2.24) is 4.90 Å². The predicted molar refractivity (Wildman–Crippen MR) is 196 cm³/mol. The monoisotopic (exact) mass is 761 g/mol. The van der Waals surface area contributed by atoms with Crippen molar-refractivity contribution >= 4 is 45.1 Å². The number of carbonyl (C=O) groups is 3. The van der Waals surface area contributed by atoms with E-state index >= 15 is 0 Å². The molecule has 12 heteroatoms. The first-order valence-electron chi connectivity index (χ1n) is 17.4. The van der Waals surface area contributed by atoms with Gasteiger partial charge in [0.15, 0.2) is 0 Å². The van der Waals surface area contributed by atoms with Gasteiger partial charge >= 0.3 is 5.97 Å². The predicted octanol–water partition coefficient (Wildman–Crippen LogP) is 7.70. The van der Waals surface area contributed by atoms with Crippen LogP contribution in [0.4, 0.5) is 11.4 Å². The van der Waals surface area contributed by atoms with Crippen molar-refractivity contribution in [2.24, 2.45) is 5.92 Å². The quantitative estimate of drug-likeness (QED) is 0.0547. The number of non-ortho nitro benzene ring substituents is 1. The number of benzene rings is 3. The van der Waals surface area contributed by atoms with Crippen LogP contribution < -0.4 is 9.64 Å². The summed E-state index contributed by atoms with van der Waals surface area (Å²) in [4.78, 5) is 56.4. The number of halogens is 1. The molecule has 0 spiro atoms. The van der Waals surface area contributed by atoms with Gasteiger partial charge in [0, 0.05) is 72.8 Å². The van der Waals surface area contributed by atoms with E-state index in [0.717, 1.165) is 42.1 Å². The highest BCUT2D eigenvalue weighted by molar-refractivity contribution is 9.10. The third-order valence-electron chi connectivity index (χ3n) is 9.51. The van der Waals surface area contributed by atoms with Gasteiger partial charge < -0.3 is 24.4 Å². The van der Waals surface area contributed by atoms with E-state index in [0.29, 0.717) is 29.8 Å². The van der Waals surface area contributed by atoms with E-state index < -0.39 is 35.0 Å². The highest BCUT2D eigenvalue weighted by Gasteiger charge is 2.50. The highest BCUT2D eigenvalue weighted by Crippen LogP contribution is 2.48. The number of nitrogens with zero attached hydrogens (tertiary/aromatic N) is 3. The molecule has 1 fully saturated rings. The number of amides is 2. The maximum Gasteiger partial charge on any atom is 0.302 e. The first kappa shape index (κ1) is 37.7. The third kappa shape index (κ3) is 9.22. The van der Waals surface area contributed by atoms with Gasteiger partial charge in [0.2, 0.25) is 5.91 Å². The fourth-order valence-corrected chi connectivity index (χ4v) is 7.45. The Hall–Kier alpha value is -4.55. The molecule has 11 nitrogen and oxygen atoms in total. The van der Waals surface area contributed by atoms with E-state index in [4.69, 9.17) is 9.47 Å². The van der Waals surface area contributed by atoms with E-state index in [1.807, 2.05) is 36.4 Å². The molecule has 1 saturated carbocycles. The molecule has 3 atom stereocenters. The fourth-order valence-electron chi connectivity index (χ4n) is 7.19. The second-order valence-corrected chi connectivity index (χ2v) is 14.0. The summed E-state index contributed by atoms with van der Waals surface area (Å²) in [6.07, 6.45) is 6.86. The van der Waals surface area contributed by atoms with Gasteiger partial charge in [0.05, 0.1) is 23.6 Å². The molecule has 1 heterocycles. The number of aliphatic hydroxyl groups excluding tert-OH is 1. The maximum atomic E-state index is 14.8. The van der Waals surface area contributed by atoms with Crippen LogP contribution >= 0.6 is 15.9 Å². The van der Waals surface area contributed by atoms with E-state index in [1.54, 1.807) is 21.9 Å². The maximum absolute atomic E-state index is 14.8. The Morgan fingerprint density at radius 2 is 1.78 bits per heavy atom. The van der Waals surface area contributed by atoms with Gasteiger partial charge in [-0.3, -0.25) is 24.5 Å². The van der Waals surface area contributed by atoms with Crippen LogP contribution in [0.3, 0.4) is 0 Å². The number of anilines is 1. The number of nitro benzene ring substituents is 1. The minimum Gasteiger partial charge on any atom is -0.493 e. The summed E-state index contributed by atoms with van der Waals surface area (Å²) in [6.45, 7) is 5.55. The highest BCUT2D eigenvalue weighted by atomic mass is 79.9. The lowest BCUT2D eigenvalue weighted by atomic mass is 9.86. The molecule has 0 saturated heterocycles. The SMILES string of the molecule is C=CCC(OC(C)=O)[C@@H]1[C@@H](N(Cc2ccc(Br)cc2)C(=O)c2ccc([N+](=O)[O-])cc2)c2cc(OCCCO)ccc2N1C(=O)CC1CCCCC1. The molecule has 1 N–H and O–H groups in total. The Kier molecular flexibility index (Phi) is 13.0. The Balaban J connectivity index is 1.70. The average Bonchev–Trinajstić information content (AvgIpc) is 3.45. The Morgan fingerprint density at radius 3 is 2.41 bits per heavy atom. The van der Waals surface area contributed by atoms with Gasteiger partial charge in [-0.2, -0.15) is 0 Å². The van der Waals surface area contributed by atoms with E-state index in [1.165, 1.54) is 31.2 Å². The number of carbonyl (C=O) groups excluding carboxylic acids is 3. The normalized spacial score (nSPS) is 17.7. The number of esters is 1. The number of aliphatic hydroxyl groups is 1. The van der Waals surface area contributed by atoms with Gasteiger partial charge in [-0.25, -0.2) is 0 Å². The van der Waals surface area contributed by atoms with E-state index in [2.05, 4.69) is 22.5 Å². The zero-order valence-electron chi connectivity index (χ0n) is 28.7. The minimum atomic E-state index is -0.872. The number of hydrogen-bond donors (Lipinski definition) is 1. The van der Waals surface area contributed by atoms with Crippen molar-refractivity contribution in [3.8, 4) is 5.75 Å². The molecule has 0 radical (unpaired) electrons. The number of ether oxygens (including phenoxy) is 2. The molecule has 5 rings (SSSR count). The smallest absolute Gasteiger partial charge is 0.302 e. The summed E-state index contributed by atoms with van der Waals surface area (Å²) in [5.41, 5.74) is 2.07. The Labute approximate surface area is 306 Å². The molecule has 1 aliphatic carbocycles. The van der Waals surface area contributed by atoms with Crippen LogP contribution in [0.5, 0.6) is 5.75 Å². The average molecular weight is 763 g/mol. The molecule has 1 aliphatic heterocycles. The van der Waals surface area contributed by atoms with Crippen LogP contribution in [0.15, 0.2) is 83.9 Å². The molecule has 2 amide bonds. The van der Waals surface area contributed by atoms with Crippen molar-refractivity contribution in [3.63, 3.8) is 0 Å². The standard InChI is InChI=1S/C39H44BrN3O8/c1-3-8-35(51-26(2)45)38-37(41(25-28-11-15-30(40)16-12-28)39(47)29-13-17-31(18-14-29)43(48)49)33-24-32(50-22-7-21-44)19-20-34(33)42(38)36(46)23-27-9-5-4-6-10-27/h3,11-20,24,27,35,37-38,44H,1,4-10,21-23,25H2,2H3/t35?,37-,38+/m0/s1. The summed E-state index contributed by atoms with van der Waals surface area (Å²) < 4.78 is 12.8. The fraction of sp³-hybridized carbons (Fsp3) is 0.410. The molecule has 2 aliphatic rings. The zero-order valence-corrected chi connectivity index (χ0v) is 30.3. The van der Waals surface area contributed by atoms with Crippen LogP contribution in [-0.2, 0) is 20.9 Å². The molecule has 1 unspecified atom stereocenters. The molecule has 0 bridgehead atoms. The van der Waals surface area contributed by atoms with E-state index in [9.17, 15) is 29.6 Å². The minimum absolute atomic E-state index is 0.0462. The third-order valence-corrected chi connectivity index (χ3v) is 10.0. The summed E-state index contributed by atoms with van der Waals surface area (Å²) >= 11 is 3.48.